The molecule has 0 spiro atoms. The van der Waals surface area contributed by atoms with Gasteiger partial charge < -0.3 is 29.3 Å². The molecule has 3 aliphatic rings. The molecule has 44 heavy (non-hydrogen) atoms. The molecule has 1 aromatic carbocycles. The third-order valence-electron chi connectivity index (χ3n) is 8.75. The molecule has 2 N–H and O–H groups in total. The summed E-state index contributed by atoms with van der Waals surface area (Å²) in [6, 6.07) is 7.21. The number of benzene rings is 1. The van der Waals surface area contributed by atoms with Crippen molar-refractivity contribution in [2.24, 2.45) is 0 Å². The van der Waals surface area contributed by atoms with Crippen molar-refractivity contribution in [2.75, 3.05) is 71.2 Å². The summed E-state index contributed by atoms with van der Waals surface area (Å²) in [5.74, 6) is -0.272. The minimum Gasteiger partial charge on any atom is -0.474 e. The van der Waals surface area contributed by atoms with E-state index in [2.05, 4.69) is 21.7 Å². The number of fused-ring (bicyclic) bond motifs is 1. The van der Waals surface area contributed by atoms with Gasteiger partial charge in [-0.15, -0.1) is 0 Å². The largest absolute Gasteiger partial charge is 0.474 e. The van der Waals surface area contributed by atoms with Gasteiger partial charge in [0.05, 0.1) is 44.7 Å². The van der Waals surface area contributed by atoms with Crippen LogP contribution in [0.2, 0.25) is 0 Å². The predicted molar refractivity (Wildman–Crippen MR) is 159 cm³/mol. The lowest BCUT2D eigenvalue weighted by Crippen LogP contribution is -2.64. The summed E-state index contributed by atoms with van der Waals surface area (Å²) >= 11 is 0. The summed E-state index contributed by atoms with van der Waals surface area (Å²) in [5.41, 5.74) is 2.42. The fourth-order valence-corrected chi connectivity index (χ4v) is 6.35. The van der Waals surface area contributed by atoms with E-state index in [0.717, 1.165) is 12.1 Å². The average Bonchev–Trinajstić information content (AvgIpc) is 3.00. The number of methoxy groups -OCH3 is 1. The van der Waals surface area contributed by atoms with Gasteiger partial charge in [0.25, 0.3) is 0 Å². The van der Waals surface area contributed by atoms with Crippen molar-refractivity contribution < 1.29 is 38.4 Å². The Bertz CT molecular complexity index is 1320. The van der Waals surface area contributed by atoms with E-state index in [9.17, 15) is 24.2 Å². The van der Waals surface area contributed by atoms with Crippen molar-refractivity contribution in [2.45, 2.75) is 51.0 Å². The van der Waals surface area contributed by atoms with Crippen LogP contribution in [-0.4, -0.2) is 132 Å². The van der Waals surface area contributed by atoms with Crippen molar-refractivity contribution in [3.05, 3.63) is 53.0 Å². The lowest BCUT2D eigenvalue weighted by atomic mass is 10.0. The van der Waals surface area contributed by atoms with E-state index < -0.39 is 12.1 Å². The van der Waals surface area contributed by atoms with Gasteiger partial charge in [-0.3, -0.25) is 19.5 Å². The highest BCUT2D eigenvalue weighted by Gasteiger charge is 2.40. The van der Waals surface area contributed by atoms with Crippen LogP contribution < -0.4 is 9.64 Å². The van der Waals surface area contributed by atoms with Crippen LogP contribution in [0.4, 0.5) is 14.9 Å². The lowest BCUT2D eigenvalue weighted by molar-refractivity contribution is -0.123. The molecule has 2 unspecified atom stereocenters. The van der Waals surface area contributed by atoms with Crippen LogP contribution in [0.5, 0.6) is 5.88 Å². The van der Waals surface area contributed by atoms with Crippen molar-refractivity contribution in [3.8, 4) is 5.88 Å². The topological polar surface area (TPSA) is 128 Å². The number of halogens is 1. The number of carboxylic acid groups (broad SMARTS) is 1. The number of ether oxygens (including phenoxy) is 3. The Morgan fingerprint density at radius 3 is 2.55 bits per heavy atom. The normalized spacial score (nSPS) is 24.6. The van der Waals surface area contributed by atoms with Crippen LogP contribution in [0.15, 0.2) is 30.3 Å². The van der Waals surface area contributed by atoms with Gasteiger partial charge in [0, 0.05) is 51.4 Å². The highest BCUT2D eigenvalue weighted by Crippen LogP contribution is 2.36. The molecular weight excluding hydrogens is 573 g/mol. The summed E-state index contributed by atoms with van der Waals surface area (Å²) in [6.45, 7) is 7.36. The van der Waals surface area contributed by atoms with Crippen LogP contribution >= 0.6 is 0 Å². The van der Waals surface area contributed by atoms with Gasteiger partial charge >= 0.3 is 6.09 Å². The van der Waals surface area contributed by atoms with E-state index in [4.69, 9.17) is 14.2 Å². The Morgan fingerprint density at radius 2 is 1.86 bits per heavy atom. The molecule has 4 heterocycles. The molecule has 2 fully saturated rings. The summed E-state index contributed by atoms with van der Waals surface area (Å²) in [7, 11) is 1.57. The zero-order chi connectivity index (χ0) is 31.4. The number of carbonyl (C=O) groups excluding carboxylic acids is 1. The second-order valence-electron chi connectivity index (χ2n) is 11.8. The molecule has 5 rings (SSSR count). The maximum atomic E-state index is 14.3. The Hall–Kier alpha value is -3.36. The molecule has 3 aliphatic heterocycles. The summed E-state index contributed by atoms with van der Waals surface area (Å²) in [4.78, 5) is 38.4. The number of carbonyl (C=O) groups is 2. The Morgan fingerprint density at radius 1 is 1.09 bits per heavy atom. The van der Waals surface area contributed by atoms with E-state index in [-0.39, 0.29) is 68.6 Å². The summed E-state index contributed by atoms with van der Waals surface area (Å²) < 4.78 is 30.6. The van der Waals surface area contributed by atoms with E-state index in [0.29, 0.717) is 49.7 Å². The zero-order valence-corrected chi connectivity index (χ0v) is 25.5. The van der Waals surface area contributed by atoms with Crippen LogP contribution in [-0.2, 0) is 27.3 Å². The molecule has 240 valence electrons. The lowest BCUT2D eigenvalue weighted by Gasteiger charge is -2.47. The monoisotopic (exact) mass is 615 g/mol. The standard InChI is InChI=1S/C31H42FN5O7/c1-20-12-35(25(14-36(20)31(40)41)13-34-8-9-43-17-21(34)2)15-29(39)37-26(18-42-3)19-44-30-28(37)11-23(27(16-38)33-30)10-22-4-6-24(32)7-5-22/h4-7,11,20-21,25-26,38H,8-10,12-19H2,1-3H3,(H,40,41)/t20-,21?,25+,26?/m1/s1. The smallest absolute Gasteiger partial charge is 0.407 e. The molecule has 2 aromatic rings. The highest BCUT2D eigenvalue weighted by atomic mass is 19.1. The second-order valence-corrected chi connectivity index (χ2v) is 11.8. The van der Waals surface area contributed by atoms with Gasteiger partial charge in [-0.1, -0.05) is 12.1 Å². The Labute approximate surface area is 256 Å². The minimum absolute atomic E-state index is 0.0654. The predicted octanol–water partition coefficient (Wildman–Crippen LogP) is 1.82. The first-order valence-corrected chi connectivity index (χ1v) is 15.1. The van der Waals surface area contributed by atoms with Crippen molar-refractivity contribution in [1.82, 2.24) is 19.7 Å². The quantitative estimate of drug-likeness (QED) is 0.431. The molecular formula is C31H42FN5O7. The number of aliphatic hydroxyl groups excluding tert-OH is 1. The van der Waals surface area contributed by atoms with Gasteiger partial charge in [0.15, 0.2) is 0 Å². The molecule has 12 nitrogen and oxygen atoms in total. The number of hydrogen-bond acceptors (Lipinski definition) is 9. The number of amides is 2. The molecule has 2 saturated heterocycles. The molecule has 0 radical (unpaired) electrons. The SMILES string of the molecule is COCC1COc2nc(CO)c(Cc3ccc(F)cc3)cc2N1C(=O)CN1C[C@@H](C)N(C(=O)O)C[C@@H]1CN1CCOCC1C. The molecule has 4 atom stereocenters. The molecule has 0 saturated carbocycles. The van der Waals surface area contributed by atoms with Crippen LogP contribution in [0.25, 0.3) is 0 Å². The number of aliphatic hydroxyl groups is 1. The summed E-state index contributed by atoms with van der Waals surface area (Å²) in [6.07, 6.45) is -0.591. The number of hydrogen-bond donors (Lipinski definition) is 2. The van der Waals surface area contributed by atoms with Crippen LogP contribution in [0.1, 0.15) is 30.7 Å². The van der Waals surface area contributed by atoms with E-state index >= 15 is 0 Å². The van der Waals surface area contributed by atoms with Crippen molar-refractivity contribution >= 4 is 17.7 Å². The molecule has 0 aliphatic carbocycles. The fraction of sp³-hybridized carbons (Fsp3) is 0.581. The van der Waals surface area contributed by atoms with E-state index in [1.54, 1.807) is 24.1 Å². The maximum absolute atomic E-state index is 14.3. The Balaban J connectivity index is 1.44. The van der Waals surface area contributed by atoms with Gasteiger partial charge in [0.2, 0.25) is 11.8 Å². The third kappa shape index (κ3) is 7.13. The molecule has 0 bridgehead atoms. The number of piperazine rings is 1. The first-order chi connectivity index (χ1) is 21.2. The van der Waals surface area contributed by atoms with E-state index in [1.807, 2.05) is 13.0 Å². The van der Waals surface area contributed by atoms with Crippen LogP contribution in [0.3, 0.4) is 0 Å². The number of rotatable bonds is 9. The van der Waals surface area contributed by atoms with Gasteiger partial charge in [-0.25, -0.2) is 14.2 Å². The maximum Gasteiger partial charge on any atom is 0.407 e. The number of aromatic nitrogens is 1. The molecule has 2 amide bonds. The third-order valence-corrected chi connectivity index (χ3v) is 8.75. The zero-order valence-electron chi connectivity index (χ0n) is 25.5. The van der Waals surface area contributed by atoms with Gasteiger partial charge in [0.1, 0.15) is 18.1 Å². The Kier molecular flexibility index (Phi) is 10.3. The molecule has 13 heteroatoms. The van der Waals surface area contributed by atoms with E-state index in [1.165, 1.54) is 17.0 Å². The fourth-order valence-electron chi connectivity index (χ4n) is 6.35. The number of morpholine rings is 1. The molecule has 1 aromatic heterocycles. The number of nitrogens with zero attached hydrogens (tertiary/aromatic N) is 5. The summed E-state index contributed by atoms with van der Waals surface area (Å²) in [5, 5.41) is 20.0. The average molecular weight is 616 g/mol. The van der Waals surface area contributed by atoms with Crippen molar-refractivity contribution in [1.29, 1.82) is 0 Å². The van der Waals surface area contributed by atoms with Crippen LogP contribution in [0, 0.1) is 5.82 Å². The first-order valence-electron chi connectivity index (χ1n) is 15.1. The van der Waals surface area contributed by atoms with Gasteiger partial charge in [-0.05, 0) is 49.6 Å². The second kappa shape index (κ2) is 14.2. The first kappa shape index (κ1) is 32.0. The highest BCUT2D eigenvalue weighted by molar-refractivity contribution is 5.97. The number of pyridine rings is 1. The van der Waals surface area contributed by atoms with Gasteiger partial charge in [-0.2, -0.15) is 0 Å². The minimum atomic E-state index is -0.967. The van der Waals surface area contributed by atoms with Crippen molar-refractivity contribution in [3.63, 3.8) is 0 Å². The number of anilines is 1.